The third-order valence-corrected chi connectivity index (χ3v) is 3.23. The van der Waals surface area contributed by atoms with Crippen molar-refractivity contribution in [2.75, 3.05) is 13.1 Å². The van der Waals surface area contributed by atoms with Crippen LogP contribution in [-0.4, -0.2) is 35.0 Å². The number of carbonyl (C=O) groups excluding carboxylic acids is 1. The van der Waals surface area contributed by atoms with Crippen LogP contribution < -0.4 is 0 Å². The quantitative estimate of drug-likeness (QED) is 0.868. The molecule has 0 aliphatic heterocycles. The first kappa shape index (κ1) is 12.6. The Bertz CT molecular complexity index is 466. The van der Waals surface area contributed by atoms with Crippen LogP contribution in [0.1, 0.15) is 40.5 Å². The highest BCUT2D eigenvalue weighted by Gasteiger charge is 2.27. The summed E-state index contributed by atoms with van der Waals surface area (Å²) >= 11 is 0. The van der Waals surface area contributed by atoms with Gasteiger partial charge in [0, 0.05) is 13.1 Å². The van der Waals surface area contributed by atoms with E-state index in [0.717, 1.165) is 6.54 Å². The molecule has 1 amide bonds. The number of benzene rings is 1. The summed E-state index contributed by atoms with van der Waals surface area (Å²) in [6, 6.07) is 6.39. The summed E-state index contributed by atoms with van der Waals surface area (Å²) < 4.78 is 0. The maximum absolute atomic E-state index is 12.3. The van der Waals surface area contributed by atoms with E-state index in [1.165, 1.54) is 18.9 Å². The topological polar surface area (TPSA) is 57.6 Å². The van der Waals surface area contributed by atoms with Gasteiger partial charge in [-0.3, -0.25) is 4.79 Å². The molecule has 1 saturated carbocycles. The van der Waals surface area contributed by atoms with Crippen molar-refractivity contribution in [3.05, 3.63) is 35.4 Å². The minimum absolute atomic E-state index is 0.0803. The van der Waals surface area contributed by atoms with E-state index in [0.29, 0.717) is 12.5 Å². The zero-order valence-corrected chi connectivity index (χ0v) is 10.4. The van der Waals surface area contributed by atoms with E-state index >= 15 is 0 Å². The van der Waals surface area contributed by atoms with Crippen molar-refractivity contribution in [3.63, 3.8) is 0 Å². The van der Waals surface area contributed by atoms with Gasteiger partial charge in [0.2, 0.25) is 0 Å². The number of nitrogens with zero attached hydrogens (tertiary/aromatic N) is 1. The molecule has 1 N–H and O–H groups in total. The lowest BCUT2D eigenvalue weighted by atomic mass is 10.1. The highest BCUT2D eigenvalue weighted by molar-refractivity contribution is 6.04. The first-order valence-electron chi connectivity index (χ1n) is 6.25. The van der Waals surface area contributed by atoms with Gasteiger partial charge in [-0.1, -0.05) is 12.1 Å². The first-order chi connectivity index (χ1) is 8.63. The summed E-state index contributed by atoms with van der Waals surface area (Å²) in [6.45, 7) is 3.27. The summed E-state index contributed by atoms with van der Waals surface area (Å²) in [6.07, 6.45) is 2.34. The van der Waals surface area contributed by atoms with Crippen LogP contribution in [0.4, 0.5) is 0 Å². The number of hydrogen-bond donors (Lipinski definition) is 1. The molecule has 0 heterocycles. The summed E-state index contributed by atoms with van der Waals surface area (Å²) in [7, 11) is 0. The molecule has 1 aromatic rings. The third kappa shape index (κ3) is 2.70. The lowest BCUT2D eigenvalue weighted by Gasteiger charge is -2.21. The average molecular weight is 247 g/mol. The Balaban J connectivity index is 2.23. The molecule has 0 saturated heterocycles. The molecule has 96 valence electrons. The van der Waals surface area contributed by atoms with Crippen molar-refractivity contribution in [2.45, 2.75) is 19.8 Å². The van der Waals surface area contributed by atoms with E-state index in [9.17, 15) is 9.59 Å². The number of carboxylic acid groups (broad SMARTS) is 1. The minimum atomic E-state index is -1.05. The van der Waals surface area contributed by atoms with Crippen LogP contribution in [0.3, 0.4) is 0 Å². The van der Waals surface area contributed by atoms with Crippen molar-refractivity contribution >= 4 is 11.9 Å². The van der Waals surface area contributed by atoms with E-state index in [-0.39, 0.29) is 17.0 Å². The van der Waals surface area contributed by atoms with Crippen LogP contribution >= 0.6 is 0 Å². The zero-order valence-electron chi connectivity index (χ0n) is 10.4. The van der Waals surface area contributed by atoms with E-state index in [1.54, 1.807) is 23.1 Å². The molecule has 1 aliphatic carbocycles. The molecule has 4 nitrogen and oxygen atoms in total. The Labute approximate surface area is 106 Å². The van der Waals surface area contributed by atoms with E-state index in [4.69, 9.17) is 5.11 Å². The van der Waals surface area contributed by atoms with Gasteiger partial charge in [-0.05, 0) is 37.8 Å². The number of rotatable bonds is 5. The summed E-state index contributed by atoms with van der Waals surface area (Å²) in [4.78, 5) is 25.2. The number of carbonyl (C=O) groups is 2. The molecule has 0 unspecified atom stereocenters. The Kier molecular flexibility index (Phi) is 3.65. The molecule has 0 radical (unpaired) electrons. The number of amides is 1. The van der Waals surface area contributed by atoms with E-state index < -0.39 is 5.97 Å². The molecule has 1 aliphatic rings. The number of carboxylic acids is 1. The van der Waals surface area contributed by atoms with Gasteiger partial charge in [-0.25, -0.2) is 4.79 Å². The maximum atomic E-state index is 12.3. The molecule has 0 atom stereocenters. The van der Waals surface area contributed by atoms with Gasteiger partial charge in [-0.15, -0.1) is 0 Å². The van der Waals surface area contributed by atoms with Gasteiger partial charge in [0.15, 0.2) is 0 Å². The third-order valence-electron chi connectivity index (χ3n) is 3.23. The lowest BCUT2D eigenvalue weighted by molar-refractivity contribution is 0.0675. The highest BCUT2D eigenvalue weighted by Crippen LogP contribution is 2.30. The maximum Gasteiger partial charge on any atom is 0.336 e. The Morgan fingerprint density at radius 2 is 1.89 bits per heavy atom. The fraction of sp³-hybridized carbons (Fsp3) is 0.429. The van der Waals surface area contributed by atoms with Gasteiger partial charge in [0.25, 0.3) is 5.91 Å². The van der Waals surface area contributed by atoms with Crippen LogP contribution in [0.2, 0.25) is 0 Å². The van der Waals surface area contributed by atoms with E-state index in [1.807, 2.05) is 6.92 Å². The van der Waals surface area contributed by atoms with Gasteiger partial charge in [0.05, 0.1) is 11.1 Å². The van der Waals surface area contributed by atoms with Crippen LogP contribution in [0.15, 0.2) is 24.3 Å². The van der Waals surface area contributed by atoms with Crippen LogP contribution in [0.25, 0.3) is 0 Å². The summed E-state index contributed by atoms with van der Waals surface area (Å²) in [5, 5.41) is 9.09. The van der Waals surface area contributed by atoms with Crippen molar-refractivity contribution in [1.82, 2.24) is 4.90 Å². The van der Waals surface area contributed by atoms with Crippen molar-refractivity contribution < 1.29 is 14.7 Å². The van der Waals surface area contributed by atoms with E-state index in [2.05, 4.69) is 0 Å². The Hall–Kier alpha value is -1.84. The molecular weight excluding hydrogens is 230 g/mol. The zero-order chi connectivity index (χ0) is 13.1. The molecule has 0 aromatic heterocycles. The number of hydrogen-bond acceptors (Lipinski definition) is 2. The number of aromatic carboxylic acids is 1. The molecule has 4 heteroatoms. The van der Waals surface area contributed by atoms with Gasteiger partial charge < -0.3 is 10.0 Å². The Morgan fingerprint density at radius 3 is 2.39 bits per heavy atom. The van der Waals surface area contributed by atoms with Crippen molar-refractivity contribution in [1.29, 1.82) is 0 Å². The van der Waals surface area contributed by atoms with Crippen molar-refractivity contribution in [2.24, 2.45) is 5.92 Å². The molecule has 0 bridgehead atoms. The smallest absolute Gasteiger partial charge is 0.336 e. The molecule has 2 rings (SSSR count). The second-order valence-electron chi connectivity index (χ2n) is 4.64. The highest BCUT2D eigenvalue weighted by atomic mass is 16.4. The first-order valence-corrected chi connectivity index (χ1v) is 6.25. The fourth-order valence-corrected chi connectivity index (χ4v) is 1.99. The summed E-state index contributed by atoms with van der Waals surface area (Å²) in [5.41, 5.74) is 0.365. The molecule has 1 aromatic carbocycles. The molecule has 1 fully saturated rings. The minimum Gasteiger partial charge on any atom is -0.478 e. The standard InChI is InChI=1S/C14H17NO3/c1-2-15(9-10-7-8-10)13(16)11-5-3-4-6-12(11)14(17)18/h3-6,10H,2,7-9H2,1H3,(H,17,18). The predicted octanol–water partition coefficient (Wildman–Crippen LogP) is 2.26. The van der Waals surface area contributed by atoms with Gasteiger partial charge >= 0.3 is 5.97 Å². The average Bonchev–Trinajstić information content (AvgIpc) is 3.19. The predicted molar refractivity (Wildman–Crippen MR) is 67.7 cm³/mol. The Morgan fingerprint density at radius 1 is 1.28 bits per heavy atom. The molecule has 0 spiro atoms. The normalized spacial score (nSPS) is 14.3. The second-order valence-corrected chi connectivity index (χ2v) is 4.64. The second kappa shape index (κ2) is 5.21. The summed E-state index contributed by atoms with van der Waals surface area (Å²) in [5.74, 6) is -0.630. The largest absolute Gasteiger partial charge is 0.478 e. The fourth-order valence-electron chi connectivity index (χ4n) is 1.99. The molecule has 18 heavy (non-hydrogen) atoms. The van der Waals surface area contributed by atoms with Gasteiger partial charge in [-0.2, -0.15) is 0 Å². The van der Waals surface area contributed by atoms with Crippen LogP contribution in [0, 0.1) is 5.92 Å². The van der Waals surface area contributed by atoms with Crippen LogP contribution in [0.5, 0.6) is 0 Å². The van der Waals surface area contributed by atoms with Crippen molar-refractivity contribution in [3.8, 4) is 0 Å². The van der Waals surface area contributed by atoms with Gasteiger partial charge in [0.1, 0.15) is 0 Å². The lowest BCUT2D eigenvalue weighted by Crippen LogP contribution is -2.33. The monoisotopic (exact) mass is 247 g/mol. The van der Waals surface area contributed by atoms with Crippen LogP contribution in [-0.2, 0) is 0 Å². The molecular formula is C14H17NO3. The SMILES string of the molecule is CCN(CC1CC1)C(=O)c1ccccc1C(=O)O.